The molecule has 4 nitrogen and oxygen atoms in total. The van der Waals surface area contributed by atoms with Gasteiger partial charge in [-0.1, -0.05) is 54.4 Å². The van der Waals surface area contributed by atoms with E-state index >= 15 is 0 Å². The molecule has 0 radical (unpaired) electrons. The van der Waals surface area contributed by atoms with Crippen LogP contribution in [-0.4, -0.2) is 20.5 Å². The van der Waals surface area contributed by atoms with Crippen molar-refractivity contribution in [2.75, 3.05) is 0 Å². The average molecular weight is 372 g/mol. The van der Waals surface area contributed by atoms with E-state index in [-0.39, 0.29) is 11.0 Å². The molecule has 0 bridgehead atoms. The zero-order valence-electron chi connectivity index (χ0n) is 14.9. The molecule has 138 valence electrons. The van der Waals surface area contributed by atoms with E-state index in [4.69, 9.17) is 4.74 Å². The van der Waals surface area contributed by atoms with Gasteiger partial charge in [-0.2, -0.15) is 0 Å². The summed E-state index contributed by atoms with van der Waals surface area (Å²) in [5.41, 5.74) is 1.40. The van der Waals surface area contributed by atoms with Gasteiger partial charge in [-0.3, -0.25) is 4.79 Å². The van der Waals surface area contributed by atoms with E-state index in [9.17, 15) is 13.2 Å². The van der Waals surface area contributed by atoms with Gasteiger partial charge in [0.05, 0.1) is 4.90 Å². The Morgan fingerprint density at radius 3 is 2.19 bits per heavy atom. The Bertz CT molecular complexity index is 835. The van der Waals surface area contributed by atoms with E-state index in [1.165, 1.54) is 0 Å². The van der Waals surface area contributed by atoms with Gasteiger partial charge in [0.25, 0.3) is 0 Å². The molecule has 0 saturated heterocycles. The Morgan fingerprint density at radius 2 is 1.58 bits per heavy atom. The number of rotatable bonds is 5. The molecule has 1 aliphatic carbocycles. The first-order valence-corrected chi connectivity index (χ1v) is 10.6. The molecule has 0 aromatic heterocycles. The zero-order chi connectivity index (χ0) is 18.6. The highest BCUT2D eigenvalue weighted by atomic mass is 32.2. The molecule has 0 amide bonds. The van der Waals surface area contributed by atoms with Crippen molar-refractivity contribution in [2.24, 2.45) is 0 Å². The molecule has 1 aliphatic rings. The number of hydrogen-bond donors (Lipinski definition) is 0. The van der Waals surface area contributed by atoms with Crippen molar-refractivity contribution >= 4 is 15.8 Å². The molecule has 1 atom stereocenters. The Balaban J connectivity index is 1.95. The van der Waals surface area contributed by atoms with E-state index in [0.717, 1.165) is 37.7 Å². The largest absolute Gasteiger partial charge is 0.461 e. The lowest BCUT2D eigenvalue weighted by Gasteiger charge is -2.25. The van der Waals surface area contributed by atoms with Crippen LogP contribution in [0.5, 0.6) is 0 Å². The number of carbonyl (C=O) groups is 1. The van der Waals surface area contributed by atoms with Gasteiger partial charge < -0.3 is 4.74 Å². The topological polar surface area (TPSA) is 60.4 Å². The Kier molecular flexibility index (Phi) is 5.77. The Morgan fingerprint density at radius 1 is 0.962 bits per heavy atom. The van der Waals surface area contributed by atoms with E-state index < -0.39 is 21.1 Å². The average Bonchev–Trinajstić information content (AvgIpc) is 2.64. The van der Waals surface area contributed by atoms with Gasteiger partial charge in [0.1, 0.15) is 6.10 Å². The van der Waals surface area contributed by atoms with Crippen molar-refractivity contribution in [3.05, 3.63) is 65.7 Å². The number of sulfone groups is 1. The lowest BCUT2D eigenvalue weighted by atomic mass is 9.98. The van der Waals surface area contributed by atoms with E-state index in [1.54, 1.807) is 54.6 Å². The summed E-state index contributed by atoms with van der Waals surface area (Å²) < 4.78 is 32.1. The molecule has 2 aromatic carbocycles. The third-order valence-corrected chi connectivity index (χ3v) is 6.83. The van der Waals surface area contributed by atoms with Crippen LogP contribution >= 0.6 is 0 Å². The summed E-state index contributed by atoms with van der Waals surface area (Å²) in [4.78, 5) is 13.0. The molecule has 2 aromatic rings. The van der Waals surface area contributed by atoms with E-state index in [2.05, 4.69) is 0 Å². The lowest BCUT2D eigenvalue weighted by Crippen LogP contribution is -2.29. The molecule has 0 heterocycles. The minimum absolute atomic E-state index is 0.137. The molecular weight excluding hydrogens is 348 g/mol. The SMILES string of the molecule is Cc1ccc(S(=O)(=O)C(C(=O)OC2CCCCC2)c2ccccc2)cc1. The van der Waals surface area contributed by atoms with Gasteiger partial charge in [0.15, 0.2) is 15.1 Å². The monoisotopic (exact) mass is 372 g/mol. The molecule has 1 unspecified atom stereocenters. The predicted octanol–water partition coefficient (Wildman–Crippen LogP) is 4.39. The summed E-state index contributed by atoms with van der Waals surface area (Å²) >= 11 is 0. The van der Waals surface area contributed by atoms with Crippen molar-refractivity contribution in [3.8, 4) is 0 Å². The summed E-state index contributed by atoms with van der Waals surface area (Å²) in [6.07, 6.45) is 4.58. The first-order valence-electron chi connectivity index (χ1n) is 9.04. The van der Waals surface area contributed by atoms with Gasteiger partial charge >= 0.3 is 5.97 Å². The highest BCUT2D eigenvalue weighted by molar-refractivity contribution is 7.92. The van der Waals surface area contributed by atoms with Crippen LogP contribution in [-0.2, 0) is 19.4 Å². The third kappa shape index (κ3) is 4.15. The molecule has 5 heteroatoms. The van der Waals surface area contributed by atoms with E-state index in [1.807, 2.05) is 6.92 Å². The van der Waals surface area contributed by atoms with Crippen LogP contribution < -0.4 is 0 Å². The second kappa shape index (κ2) is 8.04. The first kappa shape index (κ1) is 18.6. The molecule has 1 saturated carbocycles. The van der Waals surface area contributed by atoms with Crippen LogP contribution in [0.3, 0.4) is 0 Å². The van der Waals surface area contributed by atoms with Gasteiger partial charge in [-0.25, -0.2) is 8.42 Å². The summed E-state index contributed by atoms with van der Waals surface area (Å²) in [5, 5.41) is -1.34. The fourth-order valence-electron chi connectivity index (χ4n) is 3.34. The second-order valence-electron chi connectivity index (χ2n) is 6.85. The Labute approximate surface area is 155 Å². The number of ether oxygens (including phenoxy) is 1. The van der Waals surface area contributed by atoms with Crippen LogP contribution in [0.15, 0.2) is 59.5 Å². The number of hydrogen-bond acceptors (Lipinski definition) is 4. The number of carbonyl (C=O) groups excluding carboxylic acids is 1. The molecular formula is C21H24O4S. The maximum absolute atomic E-state index is 13.2. The molecule has 1 fully saturated rings. The van der Waals surface area contributed by atoms with Crippen LogP contribution in [0.25, 0.3) is 0 Å². The second-order valence-corrected chi connectivity index (χ2v) is 8.88. The van der Waals surface area contributed by atoms with Crippen molar-refractivity contribution in [2.45, 2.75) is 55.3 Å². The molecule has 0 aliphatic heterocycles. The van der Waals surface area contributed by atoms with Gasteiger partial charge in [-0.15, -0.1) is 0 Å². The van der Waals surface area contributed by atoms with Crippen molar-refractivity contribution in [3.63, 3.8) is 0 Å². The van der Waals surface area contributed by atoms with Crippen molar-refractivity contribution in [1.82, 2.24) is 0 Å². The van der Waals surface area contributed by atoms with Gasteiger partial charge in [0, 0.05) is 0 Å². The maximum Gasteiger partial charge on any atom is 0.329 e. The molecule has 3 rings (SSSR count). The Hall–Kier alpha value is -2.14. The first-order chi connectivity index (χ1) is 12.5. The third-order valence-electron chi connectivity index (χ3n) is 4.81. The highest BCUT2D eigenvalue weighted by Crippen LogP contribution is 2.32. The summed E-state index contributed by atoms with van der Waals surface area (Å²) in [7, 11) is -3.90. The van der Waals surface area contributed by atoms with Gasteiger partial charge in [0.2, 0.25) is 0 Å². The molecule has 26 heavy (non-hydrogen) atoms. The lowest BCUT2D eigenvalue weighted by molar-refractivity contribution is -0.150. The van der Waals surface area contributed by atoms with E-state index in [0.29, 0.717) is 5.56 Å². The minimum Gasteiger partial charge on any atom is -0.461 e. The zero-order valence-corrected chi connectivity index (χ0v) is 15.7. The van der Waals surface area contributed by atoms with Crippen LogP contribution in [0.4, 0.5) is 0 Å². The van der Waals surface area contributed by atoms with Crippen LogP contribution in [0.2, 0.25) is 0 Å². The molecule has 0 N–H and O–H groups in total. The van der Waals surface area contributed by atoms with Crippen LogP contribution in [0, 0.1) is 6.92 Å². The van der Waals surface area contributed by atoms with Crippen molar-refractivity contribution in [1.29, 1.82) is 0 Å². The fraction of sp³-hybridized carbons (Fsp3) is 0.381. The number of esters is 1. The molecule has 0 spiro atoms. The smallest absolute Gasteiger partial charge is 0.329 e. The maximum atomic E-state index is 13.2. The standard InChI is InChI=1S/C21H24O4S/c1-16-12-14-19(15-13-16)26(23,24)20(17-8-4-2-5-9-17)21(22)25-18-10-6-3-7-11-18/h2,4-5,8-9,12-15,18,20H,3,6-7,10-11H2,1H3. The highest BCUT2D eigenvalue weighted by Gasteiger charge is 2.38. The van der Waals surface area contributed by atoms with Gasteiger partial charge in [-0.05, 0) is 50.3 Å². The number of benzene rings is 2. The van der Waals surface area contributed by atoms with Crippen molar-refractivity contribution < 1.29 is 17.9 Å². The summed E-state index contributed by atoms with van der Waals surface area (Å²) in [6.45, 7) is 1.89. The quantitative estimate of drug-likeness (QED) is 0.731. The predicted molar refractivity (Wildman–Crippen MR) is 101 cm³/mol. The fourth-order valence-corrected chi connectivity index (χ4v) is 4.95. The van der Waals surface area contributed by atoms with Crippen LogP contribution in [0.1, 0.15) is 48.5 Å². The number of aryl methyl sites for hydroxylation is 1. The minimum atomic E-state index is -3.90. The normalized spacial score (nSPS) is 16.8. The summed E-state index contributed by atoms with van der Waals surface area (Å²) in [6, 6.07) is 15.2. The summed E-state index contributed by atoms with van der Waals surface area (Å²) in [5.74, 6) is -0.677.